The highest BCUT2D eigenvalue weighted by Crippen LogP contribution is 2.50. The Bertz CT molecular complexity index is 1470. The van der Waals surface area contributed by atoms with Gasteiger partial charge in [-0.25, -0.2) is 18.8 Å². The van der Waals surface area contributed by atoms with Gasteiger partial charge in [-0.3, -0.25) is 14.5 Å². The topological polar surface area (TPSA) is 110 Å². The first-order valence-corrected chi connectivity index (χ1v) is 13.8. The van der Waals surface area contributed by atoms with Gasteiger partial charge < -0.3 is 15.8 Å². The molecule has 8 nitrogen and oxygen atoms in total. The minimum Gasteiger partial charge on any atom is -0.487 e. The first-order valence-electron chi connectivity index (χ1n) is 13.8. The molecule has 0 fully saturated rings. The van der Waals surface area contributed by atoms with Crippen LogP contribution in [0.4, 0.5) is 8.78 Å². The van der Waals surface area contributed by atoms with Crippen molar-refractivity contribution in [1.29, 1.82) is 0 Å². The third-order valence-corrected chi connectivity index (χ3v) is 8.52. The highest BCUT2D eigenvalue weighted by molar-refractivity contribution is 6.00. The number of benzene rings is 1. The Morgan fingerprint density at radius 2 is 1.98 bits per heavy atom. The van der Waals surface area contributed by atoms with Crippen molar-refractivity contribution < 1.29 is 23.1 Å². The van der Waals surface area contributed by atoms with E-state index in [1.165, 1.54) is 12.1 Å². The van der Waals surface area contributed by atoms with E-state index in [9.17, 15) is 9.59 Å². The number of ether oxygens (including phenoxy) is 1. The molecule has 40 heavy (non-hydrogen) atoms. The number of hydrogen-bond donors (Lipinski definition) is 2. The number of guanidine groups is 1. The number of nitrogens with zero attached hydrogens (tertiary/aromatic N) is 3. The lowest BCUT2D eigenvalue weighted by atomic mass is 9.85. The molecule has 3 atom stereocenters. The summed E-state index contributed by atoms with van der Waals surface area (Å²) in [5.41, 5.74) is 6.55. The van der Waals surface area contributed by atoms with Gasteiger partial charge in [-0.2, -0.15) is 0 Å². The minimum atomic E-state index is -3.23. The quantitative estimate of drug-likeness (QED) is 0.511. The molecule has 1 aliphatic carbocycles. The van der Waals surface area contributed by atoms with E-state index in [4.69, 9.17) is 15.5 Å². The number of hydrogen-bond acceptors (Lipinski definition) is 6. The number of halogens is 2. The molecule has 210 valence electrons. The Morgan fingerprint density at radius 3 is 2.73 bits per heavy atom. The minimum absolute atomic E-state index is 0.00709. The molecule has 0 saturated carbocycles. The number of nitrogens with two attached hydrogens (primary N) is 1. The zero-order valence-electron chi connectivity index (χ0n) is 22.8. The number of nitrogens with one attached hydrogen (secondary N) is 1. The Morgan fingerprint density at radius 1 is 1.18 bits per heavy atom. The van der Waals surface area contributed by atoms with Gasteiger partial charge in [-0.15, -0.1) is 0 Å². The maximum Gasteiger partial charge on any atom is 0.277 e. The van der Waals surface area contributed by atoms with Crippen LogP contribution in [0.1, 0.15) is 104 Å². The van der Waals surface area contributed by atoms with Crippen LogP contribution in [0.15, 0.2) is 41.4 Å². The van der Waals surface area contributed by atoms with Crippen molar-refractivity contribution >= 4 is 23.8 Å². The number of allylic oxidation sites excluding steroid dienone is 1. The largest absolute Gasteiger partial charge is 0.487 e. The molecular formula is C30H33F2N5O3. The van der Waals surface area contributed by atoms with Crippen molar-refractivity contribution in [1.82, 2.24) is 15.2 Å². The highest BCUT2D eigenvalue weighted by atomic mass is 19.3. The summed E-state index contributed by atoms with van der Waals surface area (Å²) in [7, 11) is 0. The van der Waals surface area contributed by atoms with Crippen molar-refractivity contribution in [3.63, 3.8) is 0 Å². The predicted octanol–water partition coefficient (Wildman–Crippen LogP) is 5.15. The molecule has 5 aliphatic rings. The van der Waals surface area contributed by atoms with E-state index < -0.39 is 35.4 Å². The lowest BCUT2D eigenvalue weighted by Gasteiger charge is -2.39. The summed E-state index contributed by atoms with van der Waals surface area (Å²) < 4.78 is 36.5. The number of pyridine rings is 1. The maximum atomic E-state index is 15.2. The van der Waals surface area contributed by atoms with Crippen molar-refractivity contribution in [3.05, 3.63) is 64.5 Å². The van der Waals surface area contributed by atoms with E-state index in [-0.39, 0.29) is 41.3 Å². The number of aliphatic imine (C=N–C) groups is 1. The average molecular weight is 550 g/mol. The number of fused-ring (bicyclic) bond motifs is 4. The number of rotatable bonds is 1. The molecule has 4 aliphatic heterocycles. The molecule has 2 aromatic rings. The Kier molecular flexibility index (Phi) is 6.01. The number of carbonyl (C=O) groups excluding carboxylic acids is 2. The summed E-state index contributed by atoms with van der Waals surface area (Å²) in [6, 6.07) is 6.91. The van der Waals surface area contributed by atoms with Crippen LogP contribution >= 0.6 is 0 Å². The number of amides is 2. The van der Waals surface area contributed by atoms with E-state index in [1.54, 1.807) is 0 Å². The lowest BCUT2D eigenvalue weighted by Crippen LogP contribution is -2.52. The molecule has 0 radical (unpaired) electrons. The lowest BCUT2D eigenvalue weighted by molar-refractivity contribution is -0.132. The van der Waals surface area contributed by atoms with E-state index in [1.807, 2.05) is 51.1 Å². The molecule has 0 spiro atoms. The Balaban J connectivity index is 1.48. The van der Waals surface area contributed by atoms with Gasteiger partial charge in [0.2, 0.25) is 5.91 Å². The fraction of sp³-hybridized carbons (Fsp3) is 0.467. The second-order valence-electron chi connectivity index (χ2n) is 11.9. The van der Waals surface area contributed by atoms with Gasteiger partial charge in [0, 0.05) is 24.0 Å². The average Bonchev–Trinajstić information content (AvgIpc) is 3.15. The van der Waals surface area contributed by atoms with Gasteiger partial charge in [-0.1, -0.05) is 25.1 Å². The van der Waals surface area contributed by atoms with Crippen LogP contribution < -0.4 is 15.8 Å². The van der Waals surface area contributed by atoms with Gasteiger partial charge in [-0.05, 0) is 62.9 Å². The molecule has 6 bridgehead atoms. The number of alkyl halides is 2. The van der Waals surface area contributed by atoms with Crippen LogP contribution in [-0.4, -0.2) is 38.8 Å². The van der Waals surface area contributed by atoms with Crippen LogP contribution in [0.5, 0.6) is 5.75 Å². The van der Waals surface area contributed by atoms with E-state index in [0.29, 0.717) is 31.4 Å². The fourth-order valence-corrected chi connectivity index (χ4v) is 6.43. The van der Waals surface area contributed by atoms with Crippen LogP contribution in [0.3, 0.4) is 0 Å². The van der Waals surface area contributed by atoms with Gasteiger partial charge in [0.25, 0.3) is 11.8 Å². The number of aromatic nitrogens is 1. The van der Waals surface area contributed by atoms with Crippen molar-refractivity contribution in [2.75, 3.05) is 0 Å². The standard InChI is InChI=1S/C30H33F2N5O3/c1-4-29-12-6-5-7-17-8-11-23-18(13-17)21(14-28(2,3)40-23)35-26(39)20-10-9-19-25(34-20)22(15-30(19,31)32)37(24(38)16-29)27(33)36-29/h5,7-11,13,21-22H,4,6,12,14-16H2,1-3H3,(H2,33,36)(H,35,39)/b7-5+/t21-,22?,29+/m0/s1. The highest BCUT2D eigenvalue weighted by Gasteiger charge is 2.52. The van der Waals surface area contributed by atoms with Gasteiger partial charge in [0.05, 0.1) is 29.7 Å². The van der Waals surface area contributed by atoms with Crippen LogP contribution in [0.25, 0.3) is 6.08 Å². The van der Waals surface area contributed by atoms with Crippen molar-refractivity contribution in [2.24, 2.45) is 10.7 Å². The second kappa shape index (κ2) is 9.11. The fourth-order valence-electron chi connectivity index (χ4n) is 6.43. The molecule has 5 heterocycles. The SMILES string of the molecule is CC[C@@]12CC/C=C/c3ccc4c(c3)[C@H](CC(C)(C)O4)NC(=O)c3ccc4c(n3)C(CC4(F)F)N(C(=O)C1)C(N)=N2. The molecule has 1 aromatic carbocycles. The Hall–Kier alpha value is -3.82. The normalized spacial score (nSPS) is 29.1. The second-order valence-corrected chi connectivity index (χ2v) is 11.9. The molecule has 3 N–H and O–H groups in total. The van der Waals surface area contributed by atoms with E-state index >= 15 is 8.78 Å². The molecule has 0 saturated heterocycles. The van der Waals surface area contributed by atoms with Crippen molar-refractivity contribution in [2.45, 2.75) is 88.4 Å². The van der Waals surface area contributed by atoms with Gasteiger partial charge in [0.1, 0.15) is 17.0 Å². The summed E-state index contributed by atoms with van der Waals surface area (Å²) in [4.78, 5) is 37.3. The number of carbonyl (C=O) groups is 2. The summed E-state index contributed by atoms with van der Waals surface area (Å²) in [5, 5.41) is 3.05. The van der Waals surface area contributed by atoms with Gasteiger partial charge in [0.15, 0.2) is 5.96 Å². The smallest absolute Gasteiger partial charge is 0.277 e. The first kappa shape index (κ1) is 26.4. The summed E-state index contributed by atoms with van der Waals surface area (Å²) >= 11 is 0. The molecule has 7 rings (SSSR count). The summed E-state index contributed by atoms with van der Waals surface area (Å²) in [6.07, 6.45) is 5.74. The van der Waals surface area contributed by atoms with E-state index in [2.05, 4.69) is 10.3 Å². The first-order chi connectivity index (χ1) is 18.9. The predicted molar refractivity (Wildman–Crippen MR) is 146 cm³/mol. The summed E-state index contributed by atoms with van der Waals surface area (Å²) in [6.45, 7) is 5.86. The van der Waals surface area contributed by atoms with E-state index in [0.717, 1.165) is 16.0 Å². The van der Waals surface area contributed by atoms with Crippen LogP contribution in [0, 0.1) is 0 Å². The zero-order chi connectivity index (χ0) is 28.4. The van der Waals surface area contributed by atoms with Crippen LogP contribution in [0.2, 0.25) is 0 Å². The molecule has 1 unspecified atom stereocenters. The maximum absolute atomic E-state index is 15.2. The van der Waals surface area contributed by atoms with Crippen molar-refractivity contribution in [3.8, 4) is 5.75 Å². The monoisotopic (exact) mass is 549 g/mol. The zero-order valence-corrected chi connectivity index (χ0v) is 22.8. The Labute approximate surface area is 231 Å². The van der Waals surface area contributed by atoms with Gasteiger partial charge >= 0.3 is 0 Å². The summed E-state index contributed by atoms with van der Waals surface area (Å²) in [5.74, 6) is -3.49. The molecule has 2 amide bonds. The van der Waals surface area contributed by atoms with Crippen LogP contribution in [-0.2, 0) is 10.7 Å². The molecule has 10 heteroatoms. The molecule has 1 aromatic heterocycles. The molecular weight excluding hydrogens is 516 g/mol. The third-order valence-electron chi connectivity index (χ3n) is 8.52. The third kappa shape index (κ3) is 4.43.